The fourth-order valence-corrected chi connectivity index (χ4v) is 1.76. The molecule has 1 atom stereocenters. The molecule has 0 amide bonds. The van der Waals surface area contributed by atoms with Gasteiger partial charge in [-0.15, -0.1) is 12.4 Å². The average molecular weight is 318 g/mol. The standard InChI is InChI=1S/C13H13ClFN3O.ClH/c1-2-10(16)8-4-5-9(14)12(11(8)15)19-13-17-6-3-7-18-13;/h3-7,10H,2,16H2,1H3;1H/t10-;/m1./s1. The minimum atomic E-state index is -0.575. The van der Waals surface area contributed by atoms with Crippen LogP contribution in [0.5, 0.6) is 11.8 Å². The molecule has 0 bridgehead atoms. The number of hydrogen-bond acceptors (Lipinski definition) is 4. The summed E-state index contributed by atoms with van der Waals surface area (Å²) in [4.78, 5) is 7.72. The Morgan fingerprint density at radius 1 is 1.35 bits per heavy atom. The van der Waals surface area contributed by atoms with Gasteiger partial charge in [-0.25, -0.2) is 14.4 Å². The van der Waals surface area contributed by atoms with E-state index >= 15 is 0 Å². The molecule has 0 spiro atoms. The van der Waals surface area contributed by atoms with Crippen LogP contribution in [0, 0.1) is 5.82 Å². The minimum absolute atomic E-state index is 0. The van der Waals surface area contributed by atoms with Gasteiger partial charge < -0.3 is 10.5 Å². The molecule has 1 aromatic carbocycles. The van der Waals surface area contributed by atoms with Crippen LogP contribution in [0.25, 0.3) is 0 Å². The van der Waals surface area contributed by atoms with Crippen molar-refractivity contribution in [1.82, 2.24) is 9.97 Å². The number of ether oxygens (including phenoxy) is 1. The third-order valence-corrected chi connectivity index (χ3v) is 2.95. The fraction of sp³-hybridized carbons (Fsp3) is 0.231. The first kappa shape index (κ1) is 16.6. The molecule has 0 aliphatic carbocycles. The zero-order chi connectivity index (χ0) is 13.8. The monoisotopic (exact) mass is 317 g/mol. The first-order valence-electron chi connectivity index (χ1n) is 5.81. The summed E-state index contributed by atoms with van der Waals surface area (Å²) in [5, 5.41) is 0.150. The summed E-state index contributed by atoms with van der Waals surface area (Å²) in [5.74, 6) is -0.677. The first-order chi connectivity index (χ1) is 9.13. The average Bonchev–Trinajstić information content (AvgIpc) is 2.44. The van der Waals surface area contributed by atoms with E-state index in [1.807, 2.05) is 6.92 Å². The fourth-order valence-electron chi connectivity index (χ4n) is 1.58. The van der Waals surface area contributed by atoms with Gasteiger partial charge in [0.05, 0.1) is 5.02 Å². The van der Waals surface area contributed by atoms with E-state index in [4.69, 9.17) is 22.1 Å². The second-order valence-electron chi connectivity index (χ2n) is 3.93. The van der Waals surface area contributed by atoms with E-state index in [2.05, 4.69) is 9.97 Å². The minimum Gasteiger partial charge on any atom is -0.420 e. The van der Waals surface area contributed by atoms with E-state index in [1.54, 1.807) is 18.2 Å². The Labute approximate surface area is 127 Å². The van der Waals surface area contributed by atoms with Crippen molar-refractivity contribution < 1.29 is 9.13 Å². The van der Waals surface area contributed by atoms with E-state index in [9.17, 15) is 4.39 Å². The lowest BCUT2D eigenvalue weighted by Gasteiger charge is -2.14. The predicted octanol–water partition coefficient (Wildman–Crippen LogP) is 3.89. The number of hydrogen-bond donors (Lipinski definition) is 1. The van der Waals surface area contributed by atoms with Crippen molar-refractivity contribution in [3.63, 3.8) is 0 Å². The normalized spacial score (nSPS) is 11.6. The Balaban J connectivity index is 0.00000200. The van der Waals surface area contributed by atoms with E-state index in [0.717, 1.165) is 0 Å². The molecule has 1 heterocycles. The van der Waals surface area contributed by atoms with E-state index in [0.29, 0.717) is 12.0 Å². The molecule has 0 aliphatic rings. The third kappa shape index (κ3) is 3.56. The molecular weight excluding hydrogens is 304 g/mol. The summed E-state index contributed by atoms with van der Waals surface area (Å²) in [6, 6.07) is 4.37. The molecule has 7 heteroatoms. The number of benzene rings is 1. The van der Waals surface area contributed by atoms with Crippen molar-refractivity contribution in [2.45, 2.75) is 19.4 Å². The van der Waals surface area contributed by atoms with Gasteiger partial charge in [0.1, 0.15) is 0 Å². The summed E-state index contributed by atoms with van der Waals surface area (Å²) in [7, 11) is 0. The number of halogens is 3. The summed E-state index contributed by atoms with van der Waals surface area (Å²) in [6.45, 7) is 1.87. The van der Waals surface area contributed by atoms with Crippen molar-refractivity contribution in [2.24, 2.45) is 5.73 Å². The molecule has 20 heavy (non-hydrogen) atoms. The van der Waals surface area contributed by atoms with Crippen LogP contribution in [-0.4, -0.2) is 9.97 Å². The Kier molecular flexibility index (Phi) is 6.13. The number of rotatable bonds is 4. The van der Waals surface area contributed by atoms with Crippen LogP contribution in [0.2, 0.25) is 5.02 Å². The zero-order valence-electron chi connectivity index (χ0n) is 10.7. The van der Waals surface area contributed by atoms with Gasteiger partial charge in [0.25, 0.3) is 0 Å². The third-order valence-electron chi connectivity index (χ3n) is 2.65. The zero-order valence-corrected chi connectivity index (χ0v) is 12.3. The van der Waals surface area contributed by atoms with Gasteiger partial charge >= 0.3 is 6.01 Å². The van der Waals surface area contributed by atoms with Crippen molar-refractivity contribution in [3.8, 4) is 11.8 Å². The highest BCUT2D eigenvalue weighted by Gasteiger charge is 2.18. The van der Waals surface area contributed by atoms with Crippen LogP contribution in [-0.2, 0) is 0 Å². The quantitative estimate of drug-likeness (QED) is 0.929. The van der Waals surface area contributed by atoms with Gasteiger partial charge in [-0.05, 0) is 18.6 Å². The van der Waals surface area contributed by atoms with Crippen LogP contribution in [0.1, 0.15) is 24.9 Å². The molecule has 0 saturated carbocycles. The lowest BCUT2D eigenvalue weighted by atomic mass is 10.0. The Bertz CT molecular complexity index is 569. The first-order valence-corrected chi connectivity index (χ1v) is 6.19. The van der Waals surface area contributed by atoms with Crippen LogP contribution in [0.15, 0.2) is 30.6 Å². The molecule has 108 valence electrons. The lowest BCUT2D eigenvalue weighted by molar-refractivity contribution is 0.405. The highest BCUT2D eigenvalue weighted by Crippen LogP contribution is 2.34. The molecule has 2 rings (SSSR count). The number of nitrogens with zero attached hydrogens (tertiary/aromatic N) is 2. The molecule has 0 aliphatic heterocycles. The van der Waals surface area contributed by atoms with E-state index in [-0.39, 0.29) is 29.2 Å². The van der Waals surface area contributed by atoms with Gasteiger partial charge in [-0.3, -0.25) is 0 Å². The topological polar surface area (TPSA) is 61.0 Å². The molecule has 0 unspecified atom stereocenters. The maximum atomic E-state index is 14.3. The maximum absolute atomic E-state index is 14.3. The number of nitrogens with two attached hydrogens (primary N) is 1. The van der Waals surface area contributed by atoms with Crippen molar-refractivity contribution in [1.29, 1.82) is 0 Å². The number of aromatic nitrogens is 2. The Hall–Kier alpha value is -1.43. The lowest BCUT2D eigenvalue weighted by Crippen LogP contribution is -2.11. The van der Waals surface area contributed by atoms with E-state index < -0.39 is 11.9 Å². The van der Waals surface area contributed by atoms with Crippen LogP contribution in [0.3, 0.4) is 0 Å². The van der Waals surface area contributed by atoms with Crippen molar-refractivity contribution >= 4 is 24.0 Å². The molecule has 0 radical (unpaired) electrons. The summed E-state index contributed by atoms with van der Waals surface area (Å²) < 4.78 is 19.6. The predicted molar refractivity (Wildman–Crippen MR) is 78.0 cm³/mol. The molecule has 1 aromatic heterocycles. The van der Waals surface area contributed by atoms with Gasteiger partial charge in [-0.1, -0.05) is 24.6 Å². The molecule has 2 N–H and O–H groups in total. The Morgan fingerprint density at radius 2 is 2.00 bits per heavy atom. The maximum Gasteiger partial charge on any atom is 0.322 e. The summed E-state index contributed by atoms with van der Waals surface area (Å²) in [5.41, 5.74) is 6.20. The molecule has 4 nitrogen and oxygen atoms in total. The van der Waals surface area contributed by atoms with Gasteiger partial charge in [0, 0.05) is 24.0 Å². The Morgan fingerprint density at radius 3 is 2.60 bits per heavy atom. The largest absolute Gasteiger partial charge is 0.420 e. The second-order valence-corrected chi connectivity index (χ2v) is 4.34. The molecular formula is C13H14Cl2FN3O. The molecule has 0 fully saturated rings. The summed E-state index contributed by atoms with van der Waals surface area (Å²) >= 11 is 5.94. The molecule has 0 saturated heterocycles. The second kappa shape index (κ2) is 7.38. The summed E-state index contributed by atoms with van der Waals surface area (Å²) in [6.07, 6.45) is 3.60. The highest BCUT2D eigenvalue weighted by atomic mass is 35.5. The van der Waals surface area contributed by atoms with Crippen LogP contribution in [0.4, 0.5) is 4.39 Å². The highest BCUT2D eigenvalue weighted by molar-refractivity contribution is 6.32. The molecule has 2 aromatic rings. The van der Waals surface area contributed by atoms with Gasteiger partial charge in [-0.2, -0.15) is 0 Å². The van der Waals surface area contributed by atoms with Crippen molar-refractivity contribution in [3.05, 3.63) is 47.0 Å². The van der Waals surface area contributed by atoms with Crippen molar-refractivity contribution in [2.75, 3.05) is 0 Å². The van der Waals surface area contributed by atoms with E-state index in [1.165, 1.54) is 12.4 Å². The van der Waals surface area contributed by atoms with Gasteiger partial charge in [0.15, 0.2) is 11.6 Å². The SMILES string of the molecule is CC[C@@H](N)c1ccc(Cl)c(Oc2ncccn2)c1F.Cl. The smallest absolute Gasteiger partial charge is 0.322 e. The van der Waals surface area contributed by atoms with Gasteiger partial charge in [0.2, 0.25) is 0 Å². The van der Waals surface area contributed by atoms with Crippen LogP contribution < -0.4 is 10.5 Å². The van der Waals surface area contributed by atoms with Crippen LogP contribution >= 0.6 is 24.0 Å².